The normalized spacial score (nSPS) is 12.9. The van der Waals surface area contributed by atoms with E-state index in [0.29, 0.717) is 39.9 Å². The molecule has 0 aliphatic rings. The Labute approximate surface area is 164 Å². The van der Waals surface area contributed by atoms with Gasteiger partial charge in [-0.15, -0.1) is 0 Å². The van der Waals surface area contributed by atoms with Gasteiger partial charge in [0.15, 0.2) is 5.65 Å². The lowest BCUT2D eigenvalue weighted by Gasteiger charge is -2.13. The molecule has 0 atom stereocenters. The van der Waals surface area contributed by atoms with Crippen molar-refractivity contribution in [2.45, 2.75) is 25.2 Å². The molecule has 3 aromatic heterocycles. The minimum Gasteiger partial charge on any atom is -0.396 e. The highest BCUT2D eigenvalue weighted by Gasteiger charge is 2.40. The van der Waals surface area contributed by atoms with Crippen LogP contribution in [0, 0.1) is 0 Å². The van der Waals surface area contributed by atoms with Gasteiger partial charge >= 0.3 is 12.4 Å². The molecular weight excluding hydrogens is 416 g/mol. The van der Waals surface area contributed by atoms with Crippen molar-refractivity contribution in [2.24, 2.45) is 0 Å². The van der Waals surface area contributed by atoms with Crippen LogP contribution < -0.4 is 0 Å². The van der Waals surface area contributed by atoms with Crippen LogP contribution in [0.15, 0.2) is 30.5 Å². The van der Waals surface area contributed by atoms with Crippen molar-refractivity contribution >= 4 is 22.1 Å². The van der Waals surface area contributed by atoms with E-state index in [9.17, 15) is 26.3 Å². The Morgan fingerprint density at radius 2 is 1.77 bits per heavy atom. The molecule has 12 heteroatoms. The van der Waals surface area contributed by atoms with Gasteiger partial charge in [0.1, 0.15) is 11.2 Å². The van der Waals surface area contributed by atoms with Gasteiger partial charge in [-0.3, -0.25) is 9.67 Å². The number of aromatic nitrogens is 5. The van der Waals surface area contributed by atoms with E-state index in [1.165, 1.54) is 18.3 Å². The molecule has 1 aromatic carbocycles. The third-order valence-electron chi connectivity index (χ3n) is 4.53. The lowest BCUT2D eigenvalue weighted by atomic mass is 10.1. The summed E-state index contributed by atoms with van der Waals surface area (Å²) in [5.74, 6) is -1.39. The number of rotatable bonds is 4. The molecule has 158 valence electrons. The summed E-state index contributed by atoms with van der Waals surface area (Å²) in [5, 5.41) is 16.2. The molecule has 0 spiro atoms. The Bertz CT molecular complexity index is 1220. The highest BCUT2D eigenvalue weighted by atomic mass is 19.4. The number of nitrogens with zero attached hydrogens (tertiary/aromatic N) is 4. The van der Waals surface area contributed by atoms with Crippen LogP contribution in [0.3, 0.4) is 0 Å². The molecule has 4 aromatic rings. The number of halogens is 6. The number of aliphatic hydroxyl groups is 1. The van der Waals surface area contributed by atoms with Crippen LogP contribution in [0.5, 0.6) is 0 Å². The molecule has 4 rings (SSSR count). The molecule has 30 heavy (non-hydrogen) atoms. The van der Waals surface area contributed by atoms with Gasteiger partial charge in [-0.2, -0.15) is 31.4 Å². The van der Waals surface area contributed by atoms with Gasteiger partial charge in [0, 0.05) is 12.0 Å². The molecule has 6 nitrogen and oxygen atoms in total. The van der Waals surface area contributed by atoms with Crippen molar-refractivity contribution in [1.29, 1.82) is 0 Å². The molecule has 0 unspecified atom stereocenters. The standard InChI is InChI=1S/C18H13F6N5O/c19-17(20,21)13-4-3-12-15(27-13)29(16(26-12)18(22,23)24)11-6-9(2-1-5-30)14-10(7-11)8-25-28-14/h3-4,6-8,30H,1-2,5H2,(H,25,28). The Balaban J connectivity index is 2.03. The second-order valence-electron chi connectivity index (χ2n) is 6.57. The van der Waals surface area contributed by atoms with Crippen molar-refractivity contribution in [2.75, 3.05) is 6.61 Å². The van der Waals surface area contributed by atoms with Gasteiger partial charge in [0.05, 0.1) is 17.4 Å². The quantitative estimate of drug-likeness (QED) is 0.475. The Kier molecular flexibility index (Phi) is 4.68. The molecule has 2 N–H and O–H groups in total. The van der Waals surface area contributed by atoms with E-state index < -0.39 is 29.5 Å². The van der Waals surface area contributed by atoms with E-state index in [1.807, 2.05) is 0 Å². The summed E-state index contributed by atoms with van der Waals surface area (Å²) in [7, 11) is 0. The van der Waals surface area contributed by atoms with E-state index >= 15 is 0 Å². The van der Waals surface area contributed by atoms with Crippen molar-refractivity contribution < 1.29 is 31.4 Å². The third kappa shape index (κ3) is 3.47. The Morgan fingerprint density at radius 1 is 1.00 bits per heavy atom. The number of nitrogens with one attached hydrogen (secondary N) is 1. The first-order chi connectivity index (χ1) is 14.1. The summed E-state index contributed by atoms with van der Waals surface area (Å²) in [6.07, 6.45) is -7.72. The minimum atomic E-state index is -4.93. The van der Waals surface area contributed by atoms with Crippen LogP contribution in [-0.4, -0.2) is 36.4 Å². The lowest BCUT2D eigenvalue weighted by Crippen LogP contribution is -2.15. The van der Waals surface area contributed by atoms with E-state index in [1.54, 1.807) is 0 Å². The smallest absolute Gasteiger partial charge is 0.396 e. The van der Waals surface area contributed by atoms with Gasteiger partial charge < -0.3 is 5.11 Å². The highest BCUT2D eigenvalue weighted by Crippen LogP contribution is 2.36. The minimum absolute atomic E-state index is 0.0570. The third-order valence-corrected chi connectivity index (χ3v) is 4.53. The zero-order valence-electron chi connectivity index (χ0n) is 15.0. The van der Waals surface area contributed by atoms with Crippen molar-refractivity contribution in [3.63, 3.8) is 0 Å². The molecule has 0 bridgehead atoms. The van der Waals surface area contributed by atoms with Gasteiger partial charge in [0.25, 0.3) is 0 Å². The number of fused-ring (bicyclic) bond motifs is 2. The highest BCUT2D eigenvalue weighted by molar-refractivity contribution is 5.85. The molecule has 0 aliphatic heterocycles. The number of alkyl halides is 6. The van der Waals surface area contributed by atoms with E-state index in [0.717, 1.165) is 6.07 Å². The number of aryl methyl sites for hydroxylation is 1. The maximum Gasteiger partial charge on any atom is 0.450 e. The predicted molar refractivity (Wildman–Crippen MR) is 93.9 cm³/mol. The number of aliphatic hydroxyl groups excluding tert-OH is 1. The van der Waals surface area contributed by atoms with Crippen molar-refractivity contribution in [1.82, 2.24) is 24.7 Å². The number of hydrogen-bond donors (Lipinski definition) is 2. The Morgan fingerprint density at radius 3 is 2.43 bits per heavy atom. The summed E-state index contributed by atoms with van der Waals surface area (Å²) in [5.41, 5.74) is -1.15. The topological polar surface area (TPSA) is 79.6 Å². The van der Waals surface area contributed by atoms with Crippen LogP contribution in [-0.2, 0) is 18.8 Å². The zero-order chi connectivity index (χ0) is 21.7. The molecule has 0 saturated heterocycles. The average molecular weight is 429 g/mol. The number of pyridine rings is 1. The number of benzene rings is 1. The molecule has 0 radical (unpaired) electrons. The predicted octanol–water partition coefficient (Wildman–Crippen LogP) is 4.26. The first-order valence-electron chi connectivity index (χ1n) is 8.70. The summed E-state index contributed by atoms with van der Waals surface area (Å²) < 4.78 is 80.9. The van der Waals surface area contributed by atoms with Crippen LogP contribution in [0.4, 0.5) is 26.3 Å². The lowest BCUT2D eigenvalue weighted by molar-refractivity contribution is -0.145. The number of aromatic amines is 1. The summed E-state index contributed by atoms with van der Waals surface area (Å²) in [4.78, 5) is 6.92. The zero-order valence-corrected chi connectivity index (χ0v) is 15.0. The van der Waals surface area contributed by atoms with Crippen molar-refractivity contribution in [3.05, 3.63) is 47.5 Å². The molecule has 0 amide bonds. The van der Waals surface area contributed by atoms with Crippen LogP contribution in [0.2, 0.25) is 0 Å². The van der Waals surface area contributed by atoms with E-state index in [4.69, 9.17) is 5.11 Å². The van der Waals surface area contributed by atoms with Gasteiger partial charge in [-0.25, -0.2) is 9.97 Å². The summed E-state index contributed by atoms with van der Waals surface area (Å²) >= 11 is 0. The fourth-order valence-electron chi connectivity index (χ4n) is 3.26. The van der Waals surface area contributed by atoms with Crippen LogP contribution in [0.1, 0.15) is 23.5 Å². The monoisotopic (exact) mass is 429 g/mol. The van der Waals surface area contributed by atoms with Gasteiger partial charge in [0.2, 0.25) is 5.82 Å². The van der Waals surface area contributed by atoms with E-state index in [-0.39, 0.29) is 17.8 Å². The van der Waals surface area contributed by atoms with Gasteiger partial charge in [-0.05, 0) is 42.7 Å². The number of hydrogen-bond acceptors (Lipinski definition) is 4. The number of H-pyrrole nitrogens is 1. The number of imidazole rings is 1. The van der Waals surface area contributed by atoms with Crippen LogP contribution >= 0.6 is 0 Å². The Hall–Kier alpha value is -3.15. The fourth-order valence-corrected chi connectivity index (χ4v) is 3.26. The second kappa shape index (κ2) is 6.97. The van der Waals surface area contributed by atoms with E-state index in [2.05, 4.69) is 20.2 Å². The maximum atomic E-state index is 13.7. The fraction of sp³-hybridized carbons (Fsp3) is 0.278. The first-order valence-corrected chi connectivity index (χ1v) is 8.70. The largest absolute Gasteiger partial charge is 0.450 e. The molecular formula is C18H13F6N5O. The summed E-state index contributed by atoms with van der Waals surface area (Å²) in [6, 6.07) is 4.21. The second-order valence-corrected chi connectivity index (χ2v) is 6.57. The first kappa shape index (κ1) is 20.1. The summed E-state index contributed by atoms with van der Waals surface area (Å²) in [6.45, 7) is -0.141. The molecule has 0 saturated carbocycles. The molecule has 0 aliphatic carbocycles. The van der Waals surface area contributed by atoms with Crippen LogP contribution in [0.25, 0.3) is 27.8 Å². The molecule has 3 heterocycles. The SMILES string of the molecule is OCCCc1cc(-n2c(C(F)(F)F)nc3ccc(C(F)(F)F)nc32)cc2cn[nH]c12. The van der Waals surface area contributed by atoms with Gasteiger partial charge in [-0.1, -0.05) is 0 Å². The maximum absolute atomic E-state index is 13.7. The molecule has 0 fully saturated rings. The average Bonchev–Trinajstić information content (AvgIpc) is 3.28. The van der Waals surface area contributed by atoms with Crippen molar-refractivity contribution in [3.8, 4) is 5.69 Å².